The molecule has 0 saturated carbocycles. The molecule has 0 spiro atoms. The van der Waals surface area contributed by atoms with Crippen LogP contribution in [0, 0.1) is 0 Å². The van der Waals surface area contributed by atoms with Crippen LogP contribution in [0.15, 0.2) is 6.20 Å². The van der Waals surface area contributed by atoms with Crippen LogP contribution in [0.25, 0.3) is 0 Å². The molecule has 1 aromatic rings. The van der Waals surface area contributed by atoms with Gasteiger partial charge < -0.3 is 5.32 Å². The van der Waals surface area contributed by atoms with Crippen LogP contribution in [-0.2, 0) is 11.8 Å². The van der Waals surface area contributed by atoms with Crippen molar-refractivity contribution in [2.45, 2.75) is 31.8 Å². The number of carbonyl (C=O) groups excluding carboxylic acids is 1. The average molecular weight is 194 g/mol. The second-order valence-corrected chi connectivity index (χ2v) is 3.88. The zero-order chi connectivity index (χ0) is 10.1. The molecule has 2 heterocycles. The number of Topliss-reactive ketones (excluding diaryl/α,β-unsaturated/α-hetero) is 1. The second kappa shape index (κ2) is 3.49. The normalized spacial score (nSPS) is 28.0. The van der Waals surface area contributed by atoms with E-state index in [0.29, 0.717) is 18.6 Å². The van der Waals surface area contributed by atoms with Gasteiger partial charge in [0.1, 0.15) is 11.5 Å². The zero-order valence-electron chi connectivity index (χ0n) is 8.40. The highest BCUT2D eigenvalue weighted by atomic mass is 16.1. The van der Waals surface area contributed by atoms with Crippen LogP contribution >= 0.6 is 0 Å². The highest BCUT2D eigenvalue weighted by Gasteiger charge is 2.26. The molecule has 1 aliphatic heterocycles. The summed E-state index contributed by atoms with van der Waals surface area (Å²) in [5.41, 5.74) is 0.854. The molecule has 0 radical (unpaired) electrons. The summed E-state index contributed by atoms with van der Waals surface area (Å²) in [5.74, 6) is 0.298. The van der Waals surface area contributed by atoms with Crippen LogP contribution in [0.4, 0.5) is 0 Å². The van der Waals surface area contributed by atoms with Gasteiger partial charge in [0.15, 0.2) is 0 Å². The predicted molar refractivity (Wildman–Crippen MR) is 50.6 cm³/mol. The van der Waals surface area contributed by atoms with E-state index in [9.17, 15) is 4.79 Å². The van der Waals surface area contributed by atoms with Gasteiger partial charge in [-0.1, -0.05) is 5.21 Å². The van der Waals surface area contributed by atoms with Crippen molar-refractivity contribution in [1.82, 2.24) is 20.3 Å². The quantitative estimate of drug-likeness (QED) is 0.693. The van der Waals surface area contributed by atoms with Gasteiger partial charge in [0.25, 0.3) is 0 Å². The lowest BCUT2D eigenvalue weighted by atomic mass is 9.97. The predicted octanol–water partition coefficient (Wildman–Crippen LogP) is 0.197. The Kier molecular flexibility index (Phi) is 2.33. The van der Waals surface area contributed by atoms with Gasteiger partial charge in [0, 0.05) is 32.1 Å². The monoisotopic (exact) mass is 194 g/mol. The number of nitrogens with zero attached hydrogens (tertiary/aromatic N) is 3. The summed E-state index contributed by atoms with van der Waals surface area (Å²) in [6.45, 7) is 2.01. The van der Waals surface area contributed by atoms with Crippen molar-refractivity contribution >= 4 is 5.78 Å². The minimum Gasteiger partial charge on any atom is -0.305 e. The van der Waals surface area contributed by atoms with Gasteiger partial charge in [0.05, 0.1) is 6.04 Å². The van der Waals surface area contributed by atoms with Crippen molar-refractivity contribution in [2.24, 2.45) is 7.05 Å². The molecule has 14 heavy (non-hydrogen) atoms. The molecule has 0 amide bonds. The van der Waals surface area contributed by atoms with Gasteiger partial charge in [-0.25, -0.2) is 0 Å². The maximum atomic E-state index is 11.4. The number of aryl methyl sites for hydroxylation is 1. The number of piperidine rings is 1. The Hall–Kier alpha value is -1.23. The van der Waals surface area contributed by atoms with Crippen LogP contribution in [0.5, 0.6) is 0 Å². The van der Waals surface area contributed by atoms with E-state index in [1.807, 2.05) is 20.2 Å². The summed E-state index contributed by atoms with van der Waals surface area (Å²) < 4.78 is 1.65. The highest BCUT2D eigenvalue weighted by Crippen LogP contribution is 2.21. The third-order valence-electron chi connectivity index (χ3n) is 2.43. The van der Waals surface area contributed by atoms with Crippen molar-refractivity contribution in [3.63, 3.8) is 0 Å². The average Bonchev–Trinajstić information content (AvgIpc) is 2.50. The van der Waals surface area contributed by atoms with Gasteiger partial charge in [-0.05, 0) is 6.92 Å². The van der Waals surface area contributed by atoms with Crippen molar-refractivity contribution in [1.29, 1.82) is 0 Å². The van der Waals surface area contributed by atoms with E-state index in [4.69, 9.17) is 0 Å². The topological polar surface area (TPSA) is 59.8 Å². The lowest BCUT2D eigenvalue weighted by Gasteiger charge is -2.26. The van der Waals surface area contributed by atoms with E-state index in [1.54, 1.807) is 4.68 Å². The Bertz CT molecular complexity index is 346. The van der Waals surface area contributed by atoms with Crippen molar-refractivity contribution in [3.05, 3.63) is 11.9 Å². The molecule has 5 nitrogen and oxygen atoms in total. The van der Waals surface area contributed by atoms with Crippen molar-refractivity contribution in [3.8, 4) is 0 Å². The van der Waals surface area contributed by atoms with E-state index in [-0.39, 0.29) is 12.1 Å². The summed E-state index contributed by atoms with van der Waals surface area (Å²) in [5, 5.41) is 11.2. The summed E-state index contributed by atoms with van der Waals surface area (Å²) in [6.07, 6.45) is 3.00. The van der Waals surface area contributed by atoms with Gasteiger partial charge in [-0.15, -0.1) is 5.10 Å². The smallest absolute Gasteiger partial charge is 0.136 e. The molecular weight excluding hydrogens is 180 g/mol. The Labute approximate surface area is 82.5 Å². The minimum absolute atomic E-state index is 0.0416. The Morgan fingerprint density at radius 2 is 2.36 bits per heavy atom. The molecule has 0 bridgehead atoms. The van der Waals surface area contributed by atoms with E-state index < -0.39 is 0 Å². The van der Waals surface area contributed by atoms with Crippen LogP contribution in [0.1, 0.15) is 31.5 Å². The van der Waals surface area contributed by atoms with Crippen LogP contribution in [0.2, 0.25) is 0 Å². The maximum absolute atomic E-state index is 11.4. The second-order valence-electron chi connectivity index (χ2n) is 3.88. The molecule has 2 unspecified atom stereocenters. The maximum Gasteiger partial charge on any atom is 0.136 e. The van der Waals surface area contributed by atoms with E-state index >= 15 is 0 Å². The van der Waals surface area contributed by atoms with Gasteiger partial charge in [0.2, 0.25) is 0 Å². The number of nitrogens with one attached hydrogen (secondary N) is 1. The lowest BCUT2D eigenvalue weighted by molar-refractivity contribution is -0.121. The first-order valence-corrected chi connectivity index (χ1v) is 4.79. The van der Waals surface area contributed by atoms with Crippen molar-refractivity contribution in [2.75, 3.05) is 0 Å². The number of rotatable bonds is 1. The number of aromatic nitrogens is 3. The summed E-state index contributed by atoms with van der Waals surface area (Å²) in [6, 6.07) is 0.281. The minimum atomic E-state index is 0.0416. The molecule has 1 aromatic heterocycles. The summed E-state index contributed by atoms with van der Waals surface area (Å²) >= 11 is 0. The number of ketones is 1. The largest absolute Gasteiger partial charge is 0.305 e. The fraction of sp³-hybridized carbons (Fsp3) is 0.667. The summed E-state index contributed by atoms with van der Waals surface area (Å²) in [7, 11) is 1.82. The molecule has 0 aliphatic carbocycles. The van der Waals surface area contributed by atoms with E-state index in [1.165, 1.54) is 0 Å². The molecule has 1 N–H and O–H groups in total. The van der Waals surface area contributed by atoms with Crippen LogP contribution in [0.3, 0.4) is 0 Å². The van der Waals surface area contributed by atoms with E-state index in [2.05, 4.69) is 15.6 Å². The molecule has 1 fully saturated rings. The molecule has 2 rings (SSSR count). The molecule has 5 heteroatoms. The van der Waals surface area contributed by atoms with Gasteiger partial charge in [-0.3, -0.25) is 9.48 Å². The standard InChI is InChI=1S/C9H14N4O/c1-6-3-7(14)4-8(10-6)9-5-13(2)12-11-9/h5-6,8,10H,3-4H2,1-2H3. The third kappa shape index (κ3) is 1.82. The summed E-state index contributed by atoms with van der Waals surface area (Å²) in [4.78, 5) is 11.4. The van der Waals surface area contributed by atoms with Gasteiger partial charge in [-0.2, -0.15) is 0 Å². The number of carbonyl (C=O) groups is 1. The van der Waals surface area contributed by atoms with Crippen molar-refractivity contribution < 1.29 is 4.79 Å². The third-order valence-corrected chi connectivity index (χ3v) is 2.43. The van der Waals surface area contributed by atoms with Crippen LogP contribution < -0.4 is 5.32 Å². The molecule has 2 atom stereocenters. The fourth-order valence-corrected chi connectivity index (χ4v) is 1.83. The lowest BCUT2D eigenvalue weighted by Crippen LogP contribution is -2.39. The number of hydrogen-bond donors (Lipinski definition) is 1. The molecule has 76 valence electrons. The molecule has 0 aromatic carbocycles. The SMILES string of the molecule is CC1CC(=O)CC(c2cn(C)nn2)N1. The Morgan fingerprint density at radius 3 is 2.93 bits per heavy atom. The Balaban J connectivity index is 2.14. The highest BCUT2D eigenvalue weighted by molar-refractivity contribution is 5.80. The van der Waals surface area contributed by atoms with E-state index in [0.717, 1.165) is 5.69 Å². The first-order chi connectivity index (χ1) is 6.65. The zero-order valence-corrected chi connectivity index (χ0v) is 8.40. The first kappa shape index (κ1) is 9.33. The molecular formula is C9H14N4O. The Morgan fingerprint density at radius 1 is 1.57 bits per heavy atom. The van der Waals surface area contributed by atoms with Gasteiger partial charge >= 0.3 is 0 Å². The molecule has 1 saturated heterocycles. The number of hydrogen-bond acceptors (Lipinski definition) is 4. The molecule has 1 aliphatic rings. The first-order valence-electron chi connectivity index (χ1n) is 4.79. The van der Waals surface area contributed by atoms with Crippen LogP contribution in [-0.4, -0.2) is 26.8 Å². The fourth-order valence-electron chi connectivity index (χ4n) is 1.83.